The lowest BCUT2D eigenvalue weighted by Gasteiger charge is -2.49. The zero-order chi connectivity index (χ0) is 26.7. The molecule has 1 N–H and O–H groups in total. The maximum Gasteiger partial charge on any atom is 0.0336 e. The molecular weight excluding hydrogens is 484 g/mol. The van der Waals surface area contributed by atoms with Gasteiger partial charge in [0.1, 0.15) is 0 Å². The highest BCUT2D eigenvalue weighted by Gasteiger charge is 2.41. The molecule has 1 saturated heterocycles. The third-order valence-electron chi connectivity index (χ3n) is 11.4. The predicted octanol–water partition coefficient (Wildman–Crippen LogP) is 8.92. The van der Waals surface area contributed by atoms with Crippen LogP contribution in [0.2, 0.25) is 0 Å². The fourth-order valence-electron chi connectivity index (χ4n) is 8.98. The molecule has 1 heterocycles. The highest BCUT2D eigenvalue weighted by Crippen LogP contribution is 2.46. The maximum atomic E-state index is 6.43. The van der Waals surface area contributed by atoms with Crippen LogP contribution < -0.4 is 5.32 Å². The van der Waals surface area contributed by atoms with Gasteiger partial charge >= 0.3 is 0 Å². The number of nitrogens with zero attached hydrogens (tertiary/aromatic N) is 1. The Kier molecular flexibility index (Phi) is 9.86. The molecule has 0 spiro atoms. The molecule has 0 amide bonds. The smallest absolute Gasteiger partial charge is 0.0336 e. The molecule has 214 valence electrons. The number of piperidine rings is 1. The number of hydrogen-bond donors (Lipinski definition) is 1. The Morgan fingerprint density at radius 1 is 1.00 bits per heavy atom. The first-order valence-electron chi connectivity index (χ1n) is 16.4. The van der Waals surface area contributed by atoms with Crippen LogP contribution >= 0.6 is 11.6 Å². The SMILES string of the molecule is CC(C)[C@H](CN1CCC(C2CCC(Cl)CC2)C(C)(C)C1)NCCC1=CCC(C2CC3=C(CCC=C3)C2)CC1. The van der Waals surface area contributed by atoms with Crippen molar-refractivity contribution in [2.45, 2.75) is 123 Å². The fraction of sp³-hybridized carbons (Fsp3) is 0.829. The van der Waals surface area contributed by atoms with Crippen molar-refractivity contribution in [1.82, 2.24) is 10.2 Å². The molecule has 3 heteroatoms. The maximum absolute atomic E-state index is 6.43. The molecule has 0 bridgehead atoms. The third-order valence-corrected chi connectivity index (χ3v) is 11.8. The Hall–Kier alpha value is -0.570. The van der Waals surface area contributed by atoms with Gasteiger partial charge in [0.2, 0.25) is 0 Å². The van der Waals surface area contributed by atoms with Crippen LogP contribution in [0, 0.1) is 35.0 Å². The molecule has 2 fully saturated rings. The van der Waals surface area contributed by atoms with E-state index in [0.717, 1.165) is 30.2 Å². The minimum absolute atomic E-state index is 0.414. The van der Waals surface area contributed by atoms with Crippen molar-refractivity contribution >= 4 is 11.6 Å². The van der Waals surface area contributed by atoms with Gasteiger partial charge in [-0.05, 0) is 137 Å². The second-order valence-electron chi connectivity index (χ2n) is 14.8. The average molecular weight is 541 g/mol. The van der Waals surface area contributed by atoms with Crippen LogP contribution in [-0.4, -0.2) is 42.5 Å². The molecule has 0 radical (unpaired) electrons. The van der Waals surface area contributed by atoms with Gasteiger partial charge in [-0.2, -0.15) is 0 Å². The van der Waals surface area contributed by atoms with Gasteiger partial charge in [-0.1, -0.05) is 57.1 Å². The topological polar surface area (TPSA) is 15.3 Å². The van der Waals surface area contributed by atoms with E-state index in [-0.39, 0.29) is 0 Å². The molecule has 0 aromatic carbocycles. The molecular formula is C35H57ClN2. The van der Waals surface area contributed by atoms with E-state index < -0.39 is 0 Å². The van der Waals surface area contributed by atoms with Crippen molar-refractivity contribution in [2.75, 3.05) is 26.2 Å². The fourth-order valence-corrected chi connectivity index (χ4v) is 9.23. The summed E-state index contributed by atoms with van der Waals surface area (Å²) >= 11 is 6.43. The molecule has 3 unspecified atom stereocenters. The second-order valence-corrected chi connectivity index (χ2v) is 15.4. The van der Waals surface area contributed by atoms with Crippen molar-refractivity contribution in [3.8, 4) is 0 Å². The lowest BCUT2D eigenvalue weighted by Crippen LogP contribution is -2.53. The molecule has 0 aromatic rings. The zero-order valence-electron chi connectivity index (χ0n) is 25.1. The van der Waals surface area contributed by atoms with Crippen LogP contribution in [0.3, 0.4) is 0 Å². The van der Waals surface area contributed by atoms with Crippen LogP contribution in [0.4, 0.5) is 0 Å². The van der Waals surface area contributed by atoms with Gasteiger partial charge < -0.3 is 10.2 Å². The third kappa shape index (κ3) is 7.19. The van der Waals surface area contributed by atoms with E-state index in [9.17, 15) is 0 Å². The molecule has 38 heavy (non-hydrogen) atoms. The lowest BCUT2D eigenvalue weighted by atomic mass is 9.64. The highest BCUT2D eigenvalue weighted by atomic mass is 35.5. The Morgan fingerprint density at radius 3 is 2.50 bits per heavy atom. The zero-order valence-corrected chi connectivity index (χ0v) is 25.9. The van der Waals surface area contributed by atoms with Crippen LogP contribution in [0.1, 0.15) is 111 Å². The number of halogens is 1. The number of rotatable bonds is 9. The molecule has 4 aliphatic carbocycles. The van der Waals surface area contributed by atoms with Gasteiger partial charge in [-0.3, -0.25) is 0 Å². The molecule has 1 saturated carbocycles. The lowest BCUT2D eigenvalue weighted by molar-refractivity contribution is 0.00489. The van der Waals surface area contributed by atoms with Crippen LogP contribution in [0.15, 0.2) is 34.9 Å². The number of allylic oxidation sites excluding steroid dienone is 5. The molecule has 5 rings (SSSR count). The van der Waals surface area contributed by atoms with Crippen molar-refractivity contribution in [3.63, 3.8) is 0 Å². The minimum Gasteiger partial charge on any atom is -0.312 e. The summed E-state index contributed by atoms with van der Waals surface area (Å²) in [5.41, 5.74) is 5.63. The van der Waals surface area contributed by atoms with Gasteiger partial charge in [0, 0.05) is 24.5 Å². The van der Waals surface area contributed by atoms with E-state index in [2.05, 4.69) is 56.1 Å². The minimum atomic E-state index is 0.414. The van der Waals surface area contributed by atoms with Crippen molar-refractivity contribution in [1.29, 1.82) is 0 Å². The van der Waals surface area contributed by atoms with Crippen molar-refractivity contribution in [2.24, 2.45) is 35.0 Å². The van der Waals surface area contributed by atoms with E-state index in [4.69, 9.17) is 11.6 Å². The molecule has 5 aliphatic rings. The number of hydrogen-bond acceptors (Lipinski definition) is 2. The normalized spacial score (nSPS) is 34.9. The summed E-state index contributed by atoms with van der Waals surface area (Å²) in [4.78, 5) is 2.79. The standard InChI is InChI=1S/C35H57ClN2/c1-25(2)34(23-38-20-18-33(35(3,4)24-38)28-13-15-32(36)16-14-28)37-19-17-26-9-11-27(12-10-26)31-21-29-7-5-6-8-30(29)22-31/h5,7,9,25,27-28,31-34,37H,6,8,10-24H2,1-4H3/t27?,28?,31?,32?,33?,34-/m0/s1. The van der Waals surface area contributed by atoms with E-state index in [1.54, 1.807) is 16.7 Å². The Balaban J connectivity index is 1.04. The Labute approximate surface area is 240 Å². The summed E-state index contributed by atoms with van der Waals surface area (Å²) in [5, 5.41) is 4.44. The number of nitrogens with one attached hydrogen (secondary N) is 1. The summed E-state index contributed by atoms with van der Waals surface area (Å²) in [6.45, 7) is 14.8. The van der Waals surface area contributed by atoms with Crippen LogP contribution in [0.25, 0.3) is 0 Å². The molecule has 0 aromatic heterocycles. The Morgan fingerprint density at radius 2 is 1.82 bits per heavy atom. The predicted molar refractivity (Wildman–Crippen MR) is 165 cm³/mol. The van der Waals surface area contributed by atoms with Crippen LogP contribution in [0.5, 0.6) is 0 Å². The average Bonchev–Trinajstić information content (AvgIpc) is 3.33. The van der Waals surface area contributed by atoms with Crippen LogP contribution in [-0.2, 0) is 0 Å². The molecule has 4 atom stereocenters. The van der Waals surface area contributed by atoms with Gasteiger partial charge in [-0.25, -0.2) is 0 Å². The quantitative estimate of drug-likeness (QED) is 0.232. The monoisotopic (exact) mass is 540 g/mol. The largest absolute Gasteiger partial charge is 0.312 e. The summed E-state index contributed by atoms with van der Waals surface area (Å²) in [5.74, 6) is 4.29. The van der Waals surface area contributed by atoms with E-state index in [1.165, 1.54) is 103 Å². The van der Waals surface area contributed by atoms with Crippen molar-refractivity contribution in [3.05, 3.63) is 34.9 Å². The van der Waals surface area contributed by atoms with Gasteiger partial charge in [0.15, 0.2) is 0 Å². The van der Waals surface area contributed by atoms with Gasteiger partial charge in [0.05, 0.1) is 0 Å². The van der Waals surface area contributed by atoms with Gasteiger partial charge in [0.25, 0.3) is 0 Å². The highest BCUT2D eigenvalue weighted by molar-refractivity contribution is 6.20. The molecule has 2 nitrogen and oxygen atoms in total. The van der Waals surface area contributed by atoms with E-state index >= 15 is 0 Å². The first-order chi connectivity index (χ1) is 18.3. The summed E-state index contributed by atoms with van der Waals surface area (Å²) in [7, 11) is 0. The Bertz CT molecular complexity index is 874. The first-order valence-corrected chi connectivity index (χ1v) is 16.9. The summed E-state index contributed by atoms with van der Waals surface area (Å²) in [6.07, 6.45) is 24.7. The van der Waals surface area contributed by atoms with E-state index in [0.29, 0.717) is 22.8 Å². The number of alkyl halides is 1. The molecule has 1 aliphatic heterocycles. The van der Waals surface area contributed by atoms with E-state index in [1.807, 2.05) is 0 Å². The second kappa shape index (κ2) is 12.9. The summed E-state index contributed by atoms with van der Waals surface area (Å²) in [6, 6.07) is 0.593. The number of likely N-dealkylation sites (tertiary alicyclic amines) is 1. The van der Waals surface area contributed by atoms with Gasteiger partial charge in [-0.15, -0.1) is 11.6 Å². The summed E-state index contributed by atoms with van der Waals surface area (Å²) < 4.78 is 0. The van der Waals surface area contributed by atoms with Crippen molar-refractivity contribution < 1.29 is 0 Å². The first kappa shape index (κ1) is 28.9.